The third-order valence-corrected chi connectivity index (χ3v) is 3.69. The van der Waals surface area contributed by atoms with Gasteiger partial charge in [-0.25, -0.2) is 0 Å². The zero-order valence-electron chi connectivity index (χ0n) is 11.9. The first-order chi connectivity index (χ1) is 9.70. The number of benzene rings is 1. The summed E-state index contributed by atoms with van der Waals surface area (Å²) in [5, 5.41) is 5.82. The van der Waals surface area contributed by atoms with Gasteiger partial charge in [-0.3, -0.25) is 20.2 Å². The number of hydrogen-bond donors (Lipinski definition) is 2. The number of amides is 2. The van der Waals surface area contributed by atoms with Crippen LogP contribution in [-0.4, -0.2) is 17.9 Å². The second-order valence-corrected chi connectivity index (χ2v) is 5.28. The third-order valence-electron chi connectivity index (χ3n) is 3.69. The molecular formula is C16H22N2O2. The molecule has 1 aliphatic heterocycles. The lowest BCUT2D eigenvalue weighted by Crippen LogP contribution is -2.51. The Bertz CT molecular complexity index is 459. The highest BCUT2D eigenvalue weighted by Crippen LogP contribution is 2.21. The Labute approximate surface area is 119 Å². The van der Waals surface area contributed by atoms with Gasteiger partial charge in [-0.15, -0.1) is 0 Å². The molecule has 108 valence electrons. The summed E-state index contributed by atoms with van der Waals surface area (Å²) in [7, 11) is 0. The molecule has 0 aromatic heterocycles. The van der Waals surface area contributed by atoms with E-state index in [-0.39, 0.29) is 23.9 Å². The fourth-order valence-corrected chi connectivity index (χ4v) is 2.54. The van der Waals surface area contributed by atoms with Crippen LogP contribution >= 0.6 is 0 Å². The Kier molecular flexibility index (Phi) is 5.30. The molecule has 1 heterocycles. The van der Waals surface area contributed by atoms with Crippen LogP contribution in [0, 0.1) is 0 Å². The van der Waals surface area contributed by atoms with E-state index in [1.807, 2.05) is 18.2 Å². The average Bonchev–Trinajstić information content (AvgIpc) is 2.46. The monoisotopic (exact) mass is 274 g/mol. The smallest absolute Gasteiger partial charge is 0.243 e. The number of carbonyl (C=O) groups is 2. The van der Waals surface area contributed by atoms with Gasteiger partial charge in [-0.2, -0.15) is 0 Å². The Morgan fingerprint density at radius 3 is 2.70 bits per heavy atom. The van der Waals surface area contributed by atoms with Crippen molar-refractivity contribution in [1.82, 2.24) is 10.6 Å². The summed E-state index contributed by atoms with van der Waals surface area (Å²) >= 11 is 0. The Balaban J connectivity index is 2.04. The number of hydrogen-bond acceptors (Lipinski definition) is 3. The molecule has 0 aliphatic carbocycles. The molecule has 1 aromatic rings. The first-order valence-corrected chi connectivity index (χ1v) is 7.35. The zero-order chi connectivity index (χ0) is 14.4. The predicted molar refractivity (Wildman–Crippen MR) is 78.0 cm³/mol. The summed E-state index contributed by atoms with van der Waals surface area (Å²) in [6.07, 6.45) is 4.23. The fraction of sp³-hybridized carbons (Fsp3) is 0.500. The van der Waals surface area contributed by atoms with Crippen LogP contribution in [0.15, 0.2) is 30.3 Å². The van der Waals surface area contributed by atoms with Crippen LogP contribution in [0.4, 0.5) is 0 Å². The van der Waals surface area contributed by atoms with Gasteiger partial charge in [0.2, 0.25) is 11.8 Å². The maximum absolute atomic E-state index is 11.9. The van der Waals surface area contributed by atoms with Gasteiger partial charge in [0.1, 0.15) is 0 Å². The molecule has 2 atom stereocenters. The topological polar surface area (TPSA) is 58.2 Å². The van der Waals surface area contributed by atoms with E-state index in [1.54, 1.807) is 0 Å². The Hall–Kier alpha value is -1.68. The van der Waals surface area contributed by atoms with E-state index in [0.29, 0.717) is 12.8 Å². The summed E-state index contributed by atoms with van der Waals surface area (Å²) in [4.78, 5) is 23.0. The normalized spacial score (nSPS) is 20.6. The molecule has 2 rings (SSSR count). The van der Waals surface area contributed by atoms with Crippen molar-refractivity contribution < 1.29 is 9.59 Å². The zero-order valence-corrected chi connectivity index (χ0v) is 11.9. The Morgan fingerprint density at radius 1 is 1.30 bits per heavy atom. The van der Waals surface area contributed by atoms with Crippen molar-refractivity contribution in [3.63, 3.8) is 0 Å². The van der Waals surface area contributed by atoms with Crippen molar-refractivity contribution in [1.29, 1.82) is 0 Å². The first-order valence-electron chi connectivity index (χ1n) is 7.35. The number of piperidine rings is 1. The molecule has 4 nitrogen and oxygen atoms in total. The van der Waals surface area contributed by atoms with Crippen LogP contribution in [0.3, 0.4) is 0 Å². The van der Waals surface area contributed by atoms with Gasteiger partial charge in [0.25, 0.3) is 0 Å². The standard InChI is InChI=1S/C16H22N2O2/c1-2-3-9-13(12-7-5-4-6-8-12)17-14-10-11-15(19)18-16(14)20/h4-8,13-14,17H,2-3,9-11H2,1H3,(H,18,19,20). The molecule has 2 N–H and O–H groups in total. The van der Waals surface area contributed by atoms with Gasteiger partial charge in [0.15, 0.2) is 0 Å². The SMILES string of the molecule is CCCCC(NC1CCC(=O)NC1=O)c1ccccc1. The second-order valence-electron chi connectivity index (χ2n) is 5.28. The van der Waals surface area contributed by atoms with Gasteiger partial charge in [0, 0.05) is 12.5 Å². The molecule has 1 saturated heterocycles. The molecule has 2 unspecified atom stereocenters. The predicted octanol–water partition coefficient (Wildman–Crippen LogP) is 2.31. The van der Waals surface area contributed by atoms with E-state index >= 15 is 0 Å². The van der Waals surface area contributed by atoms with Gasteiger partial charge >= 0.3 is 0 Å². The quantitative estimate of drug-likeness (QED) is 0.783. The van der Waals surface area contributed by atoms with Gasteiger partial charge in [0.05, 0.1) is 6.04 Å². The molecule has 1 aliphatic rings. The van der Waals surface area contributed by atoms with Crippen LogP contribution in [0.5, 0.6) is 0 Å². The van der Waals surface area contributed by atoms with Crippen LogP contribution in [0.2, 0.25) is 0 Å². The highest BCUT2D eigenvalue weighted by molar-refractivity contribution is 6.00. The minimum Gasteiger partial charge on any atom is -0.299 e. The van der Waals surface area contributed by atoms with Crippen molar-refractivity contribution in [3.05, 3.63) is 35.9 Å². The van der Waals surface area contributed by atoms with E-state index in [9.17, 15) is 9.59 Å². The molecule has 0 spiro atoms. The van der Waals surface area contributed by atoms with Crippen LogP contribution < -0.4 is 10.6 Å². The Morgan fingerprint density at radius 2 is 2.05 bits per heavy atom. The molecule has 0 saturated carbocycles. The number of carbonyl (C=O) groups excluding carboxylic acids is 2. The number of imide groups is 1. The second kappa shape index (κ2) is 7.20. The summed E-state index contributed by atoms with van der Waals surface area (Å²) in [6.45, 7) is 2.16. The van der Waals surface area contributed by atoms with Gasteiger partial charge < -0.3 is 0 Å². The summed E-state index contributed by atoms with van der Waals surface area (Å²) < 4.78 is 0. The number of nitrogens with one attached hydrogen (secondary N) is 2. The summed E-state index contributed by atoms with van der Waals surface area (Å²) in [5.74, 6) is -0.364. The van der Waals surface area contributed by atoms with Crippen LogP contribution in [0.25, 0.3) is 0 Å². The molecule has 1 fully saturated rings. The van der Waals surface area contributed by atoms with Crippen LogP contribution in [0.1, 0.15) is 50.6 Å². The highest BCUT2D eigenvalue weighted by Gasteiger charge is 2.28. The largest absolute Gasteiger partial charge is 0.299 e. The summed E-state index contributed by atoms with van der Waals surface area (Å²) in [5.41, 5.74) is 1.20. The first kappa shape index (κ1) is 14.7. The number of unbranched alkanes of at least 4 members (excludes halogenated alkanes) is 1. The minimum absolute atomic E-state index is 0.167. The van der Waals surface area contributed by atoms with Crippen LogP contribution in [-0.2, 0) is 9.59 Å². The third kappa shape index (κ3) is 3.90. The van der Waals surface area contributed by atoms with E-state index in [1.165, 1.54) is 5.56 Å². The molecular weight excluding hydrogens is 252 g/mol. The van der Waals surface area contributed by atoms with Gasteiger partial charge in [-0.1, -0.05) is 50.1 Å². The lowest BCUT2D eigenvalue weighted by Gasteiger charge is -2.27. The lowest BCUT2D eigenvalue weighted by molar-refractivity contribution is -0.134. The maximum Gasteiger partial charge on any atom is 0.243 e. The van der Waals surface area contributed by atoms with Crippen molar-refractivity contribution in [2.24, 2.45) is 0 Å². The molecule has 1 aromatic carbocycles. The van der Waals surface area contributed by atoms with E-state index in [4.69, 9.17) is 0 Å². The lowest BCUT2D eigenvalue weighted by atomic mass is 9.98. The van der Waals surface area contributed by atoms with Crippen molar-refractivity contribution in [2.75, 3.05) is 0 Å². The molecule has 4 heteroatoms. The average molecular weight is 274 g/mol. The fourth-order valence-electron chi connectivity index (χ4n) is 2.54. The van der Waals surface area contributed by atoms with E-state index < -0.39 is 0 Å². The molecule has 2 amide bonds. The van der Waals surface area contributed by atoms with Crippen molar-refractivity contribution in [2.45, 2.75) is 51.1 Å². The van der Waals surface area contributed by atoms with Gasteiger partial charge in [-0.05, 0) is 18.4 Å². The molecule has 0 radical (unpaired) electrons. The van der Waals surface area contributed by atoms with Crippen molar-refractivity contribution >= 4 is 11.8 Å². The maximum atomic E-state index is 11.9. The number of rotatable bonds is 6. The van der Waals surface area contributed by atoms with Crippen molar-refractivity contribution in [3.8, 4) is 0 Å². The summed E-state index contributed by atoms with van der Waals surface area (Å²) in [6, 6.07) is 10.1. The molecule has 0 bridgehead atoms. The van der Waals surface area contributed by atoms with E-state index in [2.05, 4.69) is 29.7 Å². The highest BCUT2D eigenvalue weighted by atomic mass is 16.2. The molecule has 20 heavy (non-hydrogen) atoms. The minimum atomic E-state index is -0.269. The van der Waals surface area contributed by atoms with E-state index in [0.717, 1.165) is 19.3 Å².